The van der Waals surface area contributed by atoms with Gasteiger partial charge < -0.3 is 15.0 Å². The number of nitrogens with one attached hydrogen (secondary N) is 1. The number of nitrogens with zero attached hydrogens (tertiary/aromatic N) is 2. The molecule has 1 aliphatic carbocycles. The van der Waals surface area contributed by atoms with Crippen LogP contribution in [0.4, 0.5) is 5.69 Å². The van der Waals surface area contributed by atoms with Crippen molar-refractivity contribution in [1.29, 1.82) is 0 Å². The molecule has 1 saturated carbocycles. The van der Waals surface area contributed by atoms with Gasteiger partial charge in [-0.15, -0.1) is 0 Å². The SMILES string of the molecule is COc1ccccc1N(CC(=O)N(CCc1ccccc1)C(C)C(=O)NC1CCCC1)S(C)(=O)=O. The first-order valence-corrected chi connectivity index (χ1v) is 13.8. The molecule has 1 N–H and O–H groups in total. The molecule has 0 heterocycles. The van der Waals surface area contributed by atoms with Gasteiger partial charge in [0.15, 0.2) is 0 Å². The normalized spacial score (nSPS) is 14.8. The number of anilines is 1. The van der Waals surface area contributed by atoms with E-state index in [9.17, 15) is 18.0 Å². The number of amides is 2. The van der Waals surface area contributed by atoms with Gasteiger partial charge in [0.1, 0.15) is 18.3 Å². The predicted molar refractivity (Wildman–Crippen MR) is 137 cm³/mol. The van der Waals surface area contributed by atoms with Gasteiger partial charge in [0.2, 0.25) is 21.8 Å². The van der Waals surface area contributed by atoms with Crippen molar-refractivity contribution in [1.82, 2.24) is 10.2 Å². The molecule has 1 aliphatic rings. The van der Waals surface area contributed by atoms with Gasteiger partial charge in [-0.05, 0) is 43.9 Å². The molecule has 8 nitrogen and oxygen atoms in total. The van der Waals surface area contributed by atoms with Gasteiger partial charge in [-0.1, -0.05) is 55.3 Å². The average Bonchev–Trinajstić information content (AvgIpc) is 3.35. The summed E-state index contributed by atoms with van der Waals surface area (Å²) in [5.74, 6) is -0.332. The first-order valence-electron chi connectivity index (χ1n) is 11.9. The Morgan fingerprint density at radius 2 is 1.69 bits per heavy atom. The molecule has 0 bridgehead atoms. The Morgan fingerprint density at radius 1 is 1.06 bits per heavy atom. The van der Waals surface area contributed by atoms with E-state index in [1.165, 1.54) is 12.0 Å². The molecule has 9 heteroatoms. The summed E-state index contributed by atoms with van der Waals surface area (Å²) in [6.07, 6.45) is 5.63. The molecule has 0 saturated heterocycles. The zero-order valence-corrected chi connectivity index (χ0v) is 21.5. The lowest BCUT2D eigenvalue weighted by atomic mass is 10.1. The highest BCUT2D eigenvalue weighted by molar-refractivity contribution is 7.92. The van der Waals surface area contributed by atoms with Gasteiger partial charge >= 0.3 is 0 Å². The van der Waals surface area contributed by atoms with E-state index in [0.717, 1.165) is 41.8 Å². The van der Waals surface area contributed by atoms with E-state index < -0.39 is 28.5 Å². The fraction of sp³-hybridized carbons (Fsp3) is 0.462. The molecule has 1 unspecified atom stereocenters. The number of carbonyl (C=O) groups excluding carboxylic acids is 2. The van der Waals surface area contributed by atoms with Crippen LogP contribution < -0.4 is 14.4 Å². The minimum atomic E-state index is -3.81. The van der Waals surface area contributed by atoms with Crippen molar-refractivity contribution in [3.8, 4) is 5.75 Å². The van der Waals surface area contributed by atoms with Gasteiger partial charge in [0.05, 0.1) is 19.1 Å². The Bertz CT molecular complexity index is 1100. The van der Waals surface area contributed by atoms with Crippen molar-refractivity contribution in [2.24, 2.45) is 0 Å². The maximum Gasteiger partial charge on any atom is 0.244 e. The molecule has 0 radical (unpaired) electrons. The van der Waals surface area contributed by atoms with Crippen molar-refractivity contribution in [2.75, 3.05) is 30.8 Å². The quantitative estimate of drug-likeness (QED) is 0.511. The second-order valence-electron chi connectivity index (χ2n) is 8.93. The predicted octanol–water partition coefficient (Wildman–Crippen LogP) is 2.98. The summed E-state index contributed by atoms with van der Waals surface area (Å²) in [7, 11) is -2.36. The first-order chi connectivity index (χ1) is 16.7. The number of ether oxygens (including phenoxy) is 1. The molecule has 3 rings (SSSR count). The third-order valence-corrected chi connectivity index (χ3v) is 7.51. The van der Waals surface area contributed by atoms with Gasteiger partial charge in [0.25, 0.3) is 0 Å². The summed E-state index contributed by atoms with van der Waals surface area (Å²) in [5, 5.41) is 3.06. The summed E-state index contributed by atoms with van der Waals surface area (Å²) >= 11 is 0. The zero-order chi connectivity index (χ0) is 25.4. The van der Waals surface area contributed by atoms with Gasteiger partial charge in [0, 0.05) is 12.6 Å². The van der Waals surface area contributed by atoms with Gasteiger partial charge in [-0.2, -0.15) is 0 Å². The van der Waals surface area contributed by atoms with Crippen molar-refractivity contribution in [2.45, 2.75) is 51.1 Å². The van der Waals surface area contributed by atoms with Crippen LogP contribution in [0.1, 0.15) is 38.2 Å². The molecule has 35 heavy (non-hydrogen) atoms. The number of rotatable bonds is 11. The molecule has 2 amide bonds. The number of carbonyl (C=O) groups is 2. The second kappa shape index (κ2) is 12.1. The summed E-state index contributed by atoms with van der Waals surface area (Å²) < 4.78 is 31.8. The first kappa shape index (κ1) is 26.5. The maximum absolute atomic E-state index is 13.6. The molecule has 1 atom stereocenters. The Morgan fingerprint density at radius 3 is 2.31 bits per heavy atom. The van der Waals surface area contributed by atoms with Crippen LogP contribution in [-0.2, 0) is 26.0 Å². The van der Waals surface area contributed by atoms with Gasteiger partial charge in [-0.3, -0.25) is 13.9 Å². The minimum absolute atomic E-state index is 0.122. The monoisotopic (exact) mass is 501 g/mol. The second-order valence-corrected chi connectivity index (χ2v) is 10.8. The number of methoxy groups -OCH3 is 1. The Hall–Kier alpha value is -3.07. The standard InChI is InChI=1S/C26H35N3O5S/c1-20(26(31)27-22-13-7-8-14-22)28(18-17-21-11-5-4-6-12-21)25(30)19-29(35(3,32)33)23-15-9-10-16-24(23)34-2/h4-6,9-12,15-16,20,22H,7-8,13-14,17-19H2,1-3H3,(H,27,31). The minimum Gasteiger partial charge on any atom is -0.495 e. The van der Waals surface area contributed by atoms with Crippen LogP contribution >= 0.6 is 0 Å². The van der Waals surface area contributed by atoms with E-state index in [4.69, 9.17) is 4.74 Å². The van der Waals surface area contributed by atoms with E-state index >= 15 is 0 Å². The molecule has 0 aliphatic heterocycles. The van der Waals surface area contributed by atoms with Crippen LogP contribution in [0.3, 0.4) is 0 Å². The highest BCUT2D eigenvalue weighted by atomic mass is 32.2. The van der Waals surface area contributed by atoms with Crippen LogP contribution in [0.25, 0.3) is 0 Å². The molecule has 0 aromatic heterocycles. The summed E-state index contributed by atoms with van der Waals surface area (Å²) in [4.78, 5) is 28.1. The van der Waals surface area contributed by atoms with Crippen molar-refractivity contribution >= 4 is 27.5 Å². The smallest absolute Gasteiger partial charge is 0.244 e. The molecule has 2 aromatic rings. The van der Waals surface area contributed by atoms with Crippen LogP contribution in [0.5, 0.6) is 5.75 Å². The van der Waals surface area contributed by atoms with Crippen molar-refractivity contribution in [3.05, 3.63) is 60.2 Å². The zero-order valence-electron chi connectivity index (χ0n) is 20.6. The highest BCUT2D eigenvalue weighted by Gasteiger charge is 2.31. The largest absolute Gasteiger partial charge is 0.495 e. The summed E-state index contributed by atoms with van der Waals surface area (Å²) in [6.45, 7) is 1.54. The van der Waals surface area contributed by atoms with E-state index in [1.54, 1.807) is 31.2 Å². The number of hydrogen-bond donors (Lipinski definition) is 1. The maximum atomic E-state index is 13.6. The Labute approximate surface area is 208 Å². The Balaban J connectivity index is 1.84. The number of sulfonamides is 1. The van der Waals surface area contributed by atoms with Gasteiger partial charge in [-0.25, -0.2) is 8.42 Å². The average molecular weight is 502 g/mol. The van der Waals surface area contributed by atoms with Crippen molar-refractivity contribution in [3.63, 3.8) is 0 Å². The van der Waals surface area contributed by atoms with E-state index in [0.29, 0.717) is 12.2 Å². The molecule has 190 valence electrons. The lowest BCUT2D eigenvalue weighted by Crippen LogP contribution is -2.53. The molecule has 2 aromatic carbocycles. The summed E-state index contributed by atoms with van der Waals surface area (Å²) in [6, 6.07) is 15.7. The van der Waals surface area contributed by atoms with Crippen molar-refractivity contribution < 1.29 is 22.7 Å². The fourth-order valence-corrected chi connectivity index (χ4v) is 5.25. The molecule has 0 spiro atoms. The van der Waals surface area contributed by atoms with Crippen LogP contribution in [0, 0.1) is 0 Å². The third kappa shape index (κ3) is 7.21. The van der Waals surface area contributed by atoms with E-state index in [2.05, 4.69) is 5.32 Å². The molecular weight excluding hydrogens is 466 g/mol. The van der Waals surface area contributed by atoms with Crippen LogP contribution in [0.2, 0.25) is 0 Å². The molecular formula is C26H35N3O5S. The number of para-hydroxylation sites is 2. The van der Waals surface area contributed by atoms with Crippen LogP contribution in [0.15, 0.2) is 54.6 Å². The van der Waals surface area contributed by atoms with Crippen LogP contribution in [-0.4, -0.2) is 63.7 Å². The third-order valence-electron chi connectivity index (χ3n) is 6.39. The topological polar surface area (TPSA) is 96.0 Å². The fourth-order valence-electron chi connectivity index (χ4n) is 4.39. The lowest BCUT2D eigenvalue weighted by Gasteiger charge is -2.32. The number of hydrogen-bond acceptors (Lipinski definition) is 5. The van der Waals surface area contributed by atoms with E-state index in [1.807, 2.05) is 30.3 Å². The number of benzene rings is 2. The van der Waals surface area contributed by atoms with E-state index in [-0.39, 0.29) is 24.2 Å². The lowest BCUT2D eigenvalue weighted by molar-refractivity contribution is -0.139. The summed E-state index contributed by atoms with van der Waals surface area (Å²) in [5.41, 5.74) is 1.30. The Kier molecular flexibility index (Phi) is 9.14. The molecule has 1 fully saturated rings. The highest BCUT2D eigenvalue weighted by Crippen LogP contribution is 2.29.